The van der Waals surface area contributed by atoms with Gasteiger partial charge in [-0.2, -0.15) is 0 Å². The molecule has 2 N–H and O–H groups in total. The molecule has 72 valence electrons. The molecule has 0 aromatic carbocycles. The van der Waals surface area contributed by atoms with Gasteiger partial charge in [-0.05, 0) is 33.1 Å². The molecule has 0 atom stereocenters. The Morgan fingerprint density at radius 1 is 1.25 bits per heavy atom. The molecule has 0 bridgehead atoms. The molecule has 2 heteroatoms. The third-order valence-corrected chi connectivity index (χ3v) is 2.62. The van der Waals surface area contributed by atoms with Crippen LogP contribution in [0.15, 0.2) is 0 Å². The third-order valence-electron chi connectivity index (χ3n) is 2.62. The average Bonchev–Trinajstić information content (AvgIpc) is 2.82. The van der Waals surface area contributed by atoms with Gasteiger partial charge in [0, 0.05) is 24.7 Å². The Morgan fingerprint density at radius 3 is 2.42 bits per heavy atom. The number of rotatable bonds is 6. The SMILES string of the molecule is CCC(C)(C)NCCNC1CC1. The molecule has 1 aliphatic rings. The molecule has 0 amide bonds. The summed E-state index contributed by atoms with van der Waals surface area (Å²) in [7, 11) is 0. The van der Waals surface area contributed by atoms with Crippen LogP contribution >= 0.6 is 0 Å². The molecule has 0 aromatic rings. The van der Waals surface area contributed by atoms with Gasteiger partial charge < -0.3 is 10.6 Å². The summed E-state index contributed by atoms with van der Waals surface area (Å²) < 4.78 is 0. The molecule has 0 aliphatic heterocycles. The zero-order valence-electron chi connectivity index (χ0n) is 8.61. The van der Waals surface area contributed by atoms with Crippen molar-refractivity contribution in [1.29, 1.82) is 0 Å². The number of hydrogen-bond donors (Lipinski definition) is 2. The molecule has 2 nitrogen and oxygen atoms in total. The molecule has 0 spiro atoms. The van der Waals surface area contributed by atoms with Crippen LogP contribution in [0.2, 0.25) is 0 Å². The highest BCUT2D eigenvalue weighted by Gasteiger charge is 2.20. The fraction of sp³-hybridized carbons (Fsp3) is 1.00. The minimum Gasteiger partial charge on any atom is -0.313 e. The lowest BCUT2D eigenvalue weighted by Gasteiger charge is -2.24. The van der Waals surface area contributed by atoms with Gasteiger partial charge in [0.15, 0.2) is 0 Å². The topological polar surface area (TPSA) is 24.1 Å². The van der Waals surface area contributed by atoms with E-state index in [9.17, 15) is 0 Å². The summed E-state index contributed by atoms with van der Waals surface area (Å²) >= 11 is 0. The van der Waals surface area contributed by atoms with E-state index in [0.717, 1.165) is 19.1 Å². The van der Waals surface area contributed by atoms with Crippen LogP contribution in [0.4, 0.5) is 0 Å². The van der Waals surface area contributed by atoms with Gasteiger partial charge >= 0.3 is 0 Å². The Hall–Kier alpha value is -0.0800. The van der Waals surface area contributed by atoms with Crippen molar-refractivity contribution in [2.75, 3.05) is 13.1 Å². The molecule has 12 heavy (non-hydrogen) atoms. The minimum atomic E-state index is 0.311. The van der Waals surface area contributed by atoms with E-state index >= 15 is 0 Å². The lowest BCUT2D eigenvalue weighted by molar-refractivity contribution is 0.374. The predicted octanol–water partition coefficient (Wildman–Crippen LogP) is 1.52. The molecule has 1 rings (SSSR count). The molecule has 1 fully saturated rings. The Bertz CT molecular complexity index is 128. The van der Waals surface area contributed by atoms with Crippen LogP contribution in [0.5, 0.6) is 0 Å². The first-order chi connectivity index (χ1) is 5.64. The summed E-state index contributed by atoms with van der Waals surface area (Å²) in [4.78, 5) is 0. The Morgan fingerprint density at radius 2 is 1.92 bits per heavy atom. The highest BCUT2D eigenvalue weighted by atomic mass is 15.0. The fourth-order valence-electron chi connectivity index (χ4n) is 1.09. The Kier molecular flexibility index (Phi) is 3.53. The van der Waals surface area contributed by atoms with Crippen molar-refractivity contribution in [2.24, 2.45) is 0 Å². The van der Waals surface area contributed by atoms with Crippen LogP contribution in [0.25, 0.3) is 0 Å². The molecular weight excluding hydrogens is 148 g/mol. The lowest BCUT2D eigenvalue weighted by atomic mass is 10.0. The van der Waals surface area contributed by atoms with E-state index in [0.29, 0.717) is 5.54 Å². The van der Waals surface area contributed by atoms with E-state index in [4.69, 9.17) is 0 Å². The van der Waals surface area contributed by atoms with Gasteiger partial charge in [-0.15, -0.1) is 0 Å². The van der Waals surface area contributed by atoms with E-state index < -0.39 is 0 Å². The molecule has 0 unspecified atom stereocenters. The van der Waals surface area contributed by atoms with Crippen LogP contribution in [0, 0.1) is 0 Å². The molecule has 1 saturated carbocycles. The summed E-state index contributed by atoms with van der Waals surface area (Å²) in [5.74, 6) is 0. The zero-order valence-corrected chi connectivity index (χ0v) is 8.61. The third kappa shape index (κ3) is 4.07. The van der Waals surface area contributed by atoms with E-state index in [1.54, 1.807) is 0 Å². The second-order valence-electron chi connectivity index (χ2n) is 4.39. The predicted molar refractivity (Wildman–Crippen MR) is 53.4 cm³/mol. The van der Waals surface area contributed by atoms with E-state index in [1.807, 2.05) is 0 Å². The van der Waals surface area contributed by atoms with Crippen molar-refractivity contribution in [1.82, 2.24) is 10.6 Å². The zero-order chi connectivity index (χ0) is 9.03. The van der Waals surface area contributed by atoms with Crippen molar-refractivity contribution in [3.8, 4) is 0 Å². The van der Waals surface area contributed by atoms with Crippen molar-refractivity contribution in [2.45, 2.75) is 51.6 Å². The maximum Gasteiger partial charge on any atom is 0.0123 e. The van der Waals surface area contributed by atoms with Crippen LogP contribution in [-0.2, 0) is 0 Å². The number of nitrogens with one attached hydrogen (secondary N) is 2. The van der Waals surface area contributed by atoms with E-state index in [2.05, 4.69) is 31.4 Å². The van der Waals surface area contributed by atoms with E-state index in [1.165, 1.54) is 19.3 Å². The van der Waals surface area contributed by atoms with Crippen molar-refractivity contribution in [3.63, 3.8) is 0 Å². The van der Waals surface area contributed by atoms with E-state index in [-0.39, 0.29) is 0 Å². The van der Waals surface area contributed by atoms with Crippen LogP contribution in [0.1, 0.15) is 40.0 Å². The first kappa shape index (κ1) is 10.0. The Balaban J connectivity index is 1.92. The fourth-order valence-corrected chi connectivity index (χ4v) is 1.09. The van der Waals surface area contributed by atoms with Gasteiger partial charge in [-0.25, -0.2) is 0 Å². The normalized spacial score (nSPS) is 18.2. The number of hydrogen-bond acceptors (Lipinski definition) is 2. The first-order valence-electron chi connectivity index (χ1n) is 5.12. The van der Waals surface area contributed by atoms with Gasteiger partial charge in [-0.1, -0.05) is 6.92 Å². The quantitative estimate of drug-likeness (QED) is 0.591. The molecule has 0 aromatic heterocycles. The first-order valence-corrected chi connectivity index (χ1v) is 5.12. The highest BCUT2D eigenvalue weighted by Crippen LogP contribution is 2.17. The van der Waals surface area contributed by atoms with Crippen molar-refractivity contribution >= 4 is 0 Å². The smallest absolute Gasteiger partial charge is 0.0123 e. The van der Waals surface area contributed by atoms with Crippen LogP contribution in [-0.4, -0.2) is 24.7 Å². The average molecular weight is 170 g/mol. The molecule has 0 saturated heterocycles. The minimum absolute atomic E-state index is 0.311. The maximum atomic E-state index is 3.53. The molecule has 0 heterocycles. The second-order valence-corrected chi connectivity index (χ2v) is 4.39. The summed E-state index contributed by atoms with van der Waals surface area (Å²) in [5.41, 5.74) is 0.311. The summed E-state index contributed by atoms with van der Waals surface area (Å²) in [6.07, 6.45) is 3.96. The van der Waals surface area contributed by atoms with Gasteiger partial charge in [-0.3, -0.25) is 0 Å². The van der Waals surface area contributed by atoms with Gasteiger partial charge in [0.1, 0.15) is 0 Å². The van der Waals surface area contributed by atoms with Crippen molar-refractivity contribution in [3.05, 3.63) is 0 Å². The molecule has 1 aliphatic carbocycles. The standard InChI is InChI=1S/C10H22N2/c1-4-10(2,3)12-8-7-11-9-5-6-9/h9,11-12H,4-8H2,1-3H3. The highest BCUT2D eigenvalue weighted by molar-refractivity contribution is 4.82. The van der Waals surface area contributed by atoms with Crippen LogP contribution in [0.3, 0.4) is 0 Å². The summed E-state index contributed by atoms with van der Waals surface area (Å²) in [6.45, 7) is 8.95. The second kappa shape index (κ2) is 4.24. The Labute approximate surface area is 76.1 Å². The van der Waals surface area contributed by atoms with Gasteiger partial charge in [0.25, 0.3) is 0 Å². The summed E-state index contributed by atoms with van der Waals surface area (Å²) in [5, 5.41) is 7.02. The van der Waals surface area contributed by atoms with Gasteiger partial charge in [0.2, 0.25) is 0 Å². The lowest BCUT2D eigenvalue weighted by Crippen LogP contribution is -2.42. The maximum absolute atomic E-state index is 3.53. The molecule has 0 radical (unpaired) electrons. The van der Waals surface area contributed by atoms with Crippen LogP contribution < -0.4 is 10.6 Å². The summed E-state index contributed by atoms with van der Waals surface area (Å²) in [6, 6.07) is 0.844. The van der Waals surface area contributed by atoms with Crippen molar-refractivity contribution < 1.29 is 0 Å². The van der Waals surface area contributed by atoms with Gasteiger partial charge in [0.05, 0.1) is 0 Å². The molecular formula is C10H22N2. The largest absolute Gasteiger partial charge is 0.313 e. The monoisotopic (exact) mass is 170 g/mol.